The molecule has 0 saturated carbocycles. The number of hydrogen-bond donors (Lipinski definition) is 1. The molecular weight excluding hydrogens is 290 g/mol. The van der Waals surface area contributed by atoms with Crippen molar-refractivity contribution in [3.8, 4) is 0 Å². The molecule has 0 amide bonds. The maximum atomic E-state index is 10.8. The van der Waals surface area contributed by atoms with E-state index in [0.29, 0.717) is 5.02 Å². The lowest BCUT2D eigenvalue weighted by Gasteiger charge is -2.27. The van der Waals surface area contributed by atoms with Crippen molar-refractivity contribution in [1.82, 2.24) is 0 Å². The van der Waals surface area contributed by atoms with E-state index in [0.717, 1.165) is 11.3 Å². The van der Waals surface area contributed by atoms with Crippen LogP contribution in [0.4, 0.5) is 17.1 Å². The first kappa shape index (κ1) is 15.1. The molecule has 5 nitrogen and oxygen atoms in total. The van der Waals surface area contributed by atoms with Gasteiger partial charge in [0.25, 0.3) is 5.69 Å². The van der Waals surface area contributed by atoms with Gasteiger partial charge in [-0.25, -0.2) is 0 Å². The Balaban J connectivity index is 2.29. The summed E-state index contributed by atoms with van der Waals surface area (Å²) in [5, 5.41) is 11.5. The van der Waals surface area contributed by atoms with Gasteiger partial charge in [-0.2, -0.15) is 0 Å². The van der Waals surface area contributed by atoms with E-state index in [1.54, 1.807) is 12.1 Å². The highest BCUT2D eigenvalue weighted by Crippen LogP contribution is 2.31. The summed E-state index contributed by atoms with van der Waals surface area (Å²) in [5.74, 6) is 0. The van der Waals surface area contributed by atoms with Gasteiger partial charge in [-0.15, -0.1) is 0 Å². The molecule has 2 rings (SSSR count). The molecule has 110 valence electrons. The average Bonchev–Trinajstić information content (AvgIpc) is 2.45. The second-order valence-corrected chi connectivity index (χ2v) is 5.28. The number of benzene rings is 2. The lowest BCUT2D eigenvalue weighted by atomic mass is 10.1. The van der Waals surface area contributed by atoms with Crippen molar-refractivity contribution >= 4 is 28.7 Å². The summed E-state index contributed by atoms with van der Waals surface area (Å²) >= 11 is 6.01. The Morgan fingerprint density at radius 2 is 2.00 bits per heavy atom. The van der Waals surface area contributed by atoms with E-state index in [2.05, 4.69) is 0 Å². The van der Waals surface area contributed by atoms with Crippen LogP contribution in [0, 0.1) is 10.1 Å². The molecule has 0 heterocycles. The molecule has 0 saturated heterocycles. The largest absolute Gasteiger partial charge is 0.393 e. The van der Waals surface area contributed by atoms with Gasteiger partial charge < -0.3 is 10.6 Å². The summed E-state index contributed by atoms with van der Waals surface area (Å²) in [6.45, 7) is 2.03. The fraction of sp³-hybridized carbons (Fsp3) is 0.200. The predicted octanol–water partition coefficient (Wildman–Crippen LogP) is 4.03. The van der Waals surface area contributed by atoms with Gasteiger partial charge in [-0.1, -0.05) is 23.7 Å². The number of nitro benzene ring substituents is 1. The molecule has 0 aliphatic heterocycles. The average molecular weight is 306 g/mol. The first-order chi connectivity index (χ1) is 9.90. The number of rotatable bonds is 4. The molecule has 0 aliphatic carbocycles. The van der Waals surface area contributed by atoms with E-state index < -0.39 is 4.92 Å². The van der Waals surface area contributed by atoms with E-state index in [4.69, 9.17) is 17.3 Å². The Morgan fingerprint density at radius 1 is 1.29 bits per heavy atom. The summed E-state index contributed by atoms with van der Waals surface area (Å²) in [7, 11) is 1.91. The number of anilines is 2. The SMILES string of the molecule is CC(c1cccc(Cl)c1)N(C)c1ccc([N+](=O)[O-])c(N)c1. The number of halogens is 1. The van der Waals surface area contributed by atoms with Gasteiger partial charge in [0.1, 0.15) is 5.69 Å². The van der Waals surface area contributed by atoms with Gasteiger partial charge >= 0.3 is 0 Å². The second kappa shape index (κ2) is 6.01. The number of nitro groups is 1. The minimum atomic E-state index is -0.487. The van der Waals surface area contributed by atoms with Crippen LogP contribution in [0.5, 0.6) is 0 Å². The van der Waals surface area contributed by atoms with Crippen LogP contribution in [0.1, 0.15) is 18.5 Å². The zero-order chi connectivity index (χ0) is 15.6. The molecule has 21 heavy (non-hydrogen) atoms. The Hall–Kier alpha value is -2.27. The molecule has 0 radical (unpaired) electrons. The summed E-state index contributed by atoms with van der Waals surface area (Å²) in [6, 6.07) is 12.4. The highest BCUT2D eigenvalue weighted by atomic mass is 35.5. The summed E-state index contributed by atoms with van der Waals surface area (Å²) in [4.78, 5) is 12.3. The van der Waals surface area contributed by atoms with Gasteiger partial charge in [0.05, 0.1) is 11.0 Å². The topological polar surface area (TPSA) is 72.4 Å². The van der Waals surface area contributed by atoms with Crippen LogP contribution >= 0.6 is 11.6 Å². The van der Waals surface area contributed by atoms with Crippen molar-refractivity contribution in [3.05, 3.63) is 63.2 Å². The molecule has 6 heteroatoms. The Kier molecular flexibility index (Phi) is 4.33. The van der Waals surface area contributed by atoms with Crippen LogP contribution in [-0.2, 0) is 0 Å². The quantitative estimate of drug-likeness (QED) is 0.526. The number of hydrogen-bond acceptors (Lipinski definition) is 4. The molecule has 0 spiro atoms. The van der Waals surface area contributed by atoms with E-state index >= 15 is 0 Å². The smallest absolute Gasteiger partial charge is 0.292 e. The predicted molar refractivity (Wildman–Crippen MR) is 85.8 cm³/mol. The first-order valence-corrected chi connectivity index (χ1v) is 6.80. The van der Waals surface area contributed by atoms with Crippen molar-refractivity contribution in [2.75, 3.05) is 17.7 Å². The standard InChI is InChI=1S/C15H16ClN3O2/c1-10(11-4-3-5-12(16)8-11)18(2)13-6-7-15(19(20)21)14(17)9-13/h3-10H,17H2,1-2H3. The highest BCUT2D eigenvalue weighted by Gasteiger charge is 2.16. The Labute approximate surface area is 128 Å². The molecule has 2 N–H and O–H groups in total. The van der Waals surface area contributed by atoms with E-state index in [9.17, 15) is 10.1 Å². The van der Waals surface area contributed by atoms with Gasteiger partial charge in [0.15, 0.2) is 0 Å². The lowest BCUT2D eigenvalue weighted by molar-refractivity contribution is -0.383. The van der Waals surface area contributed by atoms with E-state index in [1.807, 2.05) is 43.1 Å². The second-order valence-electron chi connectivity index (χ2n) is 4.84. The molecule has 1 unspecified atom stereocenters. The van der Waals surface area contributed by atoms with Crippen LogP contribution in [-0.4, -0.2) is 12.0 Å². The van der Waals surface area contributed by atoms with Crippen LogP contribution in [0.3, 0.4) is 0 Å². The molecule has 0 aromatic heterocycles. The number of nitrogens with zero attached hydrogens (tertiary/aromatic N) is 2. The molecule has 0 fully saturated rings. The van der Waals surface area contributed by atoms with Crippen LogP contribution in [0.15, 0.2) is 42.5 Å². The fourth-order valence-corrected chi connectivity index (χ4v) is 2.34. The maximum absolute atomic E-state index is 10.8. The molecule has 0 aliphatic rings. The summed E-state index contributed by atoms with van der Waals surface area (Å²) in [5.41, 5.74) is 7.68. The molecular formula is C15H16ClN3O2. The normalized spacial score (nSPS) is 12.0. The van der Waals surface area contributed by atoms with E-state index in [-0.39, 0.29) is 17.4 Å². The van der Waals surface area contributed by atoms with Crippen molar-refractivity contribution in [3.63, 3.8) is 0 Å². The molecule has 0 bridgehead atoms. The minimum absolute atomic E-state index is 0.0598. The fourth-order valence-electron chi connectivity index (χ4n) is 2.14. The summed E-state index contributed by atoms with van der Waals surface area (Å²) in [6.07, 6.45) is 0. The first-order valence-electron chi connectivity index (χ1n) is 6.42. The zero-order valence-corrected chi connectivity index (χ0v) is 12.5. The Bertz CT molecular complexity index is 676. The summed E-state index contributed by atoms with van der Waals surface area (Å²) < 4.78 is 0. The lowest BCUT2D eigenvalue weighted by Crippen LogP contribution is -2.21. The van der Waals surface area contributed by atoms with Gasteiger partial charge in [0.2, 0.25) is 0 Å². The van der Waals surface area contributed by atoms with Crippen molar-refractivity contribution in [2.45, 2.75) is 13.0 Å². The minimum Gasteiger partial charge on any atom is -0.393 e. The number of nitrogen functional groups attached to an aromatic ring is 1. The highest BCUT2D eigenvalue weighted by molar-refractivity contribution is 6.30. The number of nitrogens with two attached hydrogens (primary N) is 1. The van der Waals surface area contributed by atoms with Crippen LogP contribution < -0.4 is 10.6 Å². The zero-order valence-electron chi connectivity index (χ0n) is 11.8. The van der Waals surface area contributed by atoms with Gasteiger partial charge in [-0.05, 0) is 36.8 Å². The van der Waals surface area contributed by atoms with Crippen molar-refractivity contribution < 1.29 is 4.92 Å². The molecule has 1 atom stereocenters. The van der Waals surface area contributed by atoms with Gasteiger partial charge in [-0.3, -0.25) is 10.1 Å². The molecule has 2 aromatic rings. The van der Waals surface area contributed by atoms with Crippen LogP contribution in [0.25, 0.3) is 0 Å². The van der Waals surface area contributed by atoms with Gasteiger partial charge in [0, 0.05) is 23.8 Å². The van der Waals surface area contributed by atoms with Crippen LogP contribution in [0.2, 0.25) is 5.02 Å². The third-order valence-corrected chi connectivity index (χ3v) is 3.76. The van der Waals surface area contributed by atoms with E-state index in [1.165, 1.54) is 6.07 Å². The van der Waals surface area contributed by atoms with Crippen molar-refractivity contribution in [1.29, 1.82) is 0 Å². The monoisotopic (exact) mass is 305 g/mol. The van der Waals surface area contributed by atoms with Crippen molar-refractivity contribution in [2.24, 2.45) is 0 Å². The third kappa shape index (κ3) is 3.25. The molecule has 2 aromatic carbocycles. The Morgan fingerprint density at radius 3 is 2.57 bits per heavy atom. The third-order valence-electron chi connectivity index (χ3n) is 3.53. The maximum Gasteiger partial charge on any atom is 0.292 e.